The van der Waals surface area contributed by atoms with E-state index in [9.17, 15) is 18.0 Å². The first-order valence-corrected chi connectivity index (χ1v) is 7.02. The Bertz CT molecular complexity index is 722. The Morgan fingerprint density at radius 2 is 1.70 bits per heavy atom. The zero-order valence-electron chi connectivity index (χ0n) is 11.4. The van der Waals surface area contributed by atoms with Crippen molar-refractivity contribution in [2.75, 3.05) is 5.32 Å². The smallest absolute Gasteiger partial charge is 0.410 e. The number of halogens is 3. The van der Waals surface area contributed by atoms with E-state index >= 15 is 0 Å². The fourth-order valence-corrected chi connectivity index (χ4v) is 2.00. The van der Waals surface area contributed by atoms with Crippen molar-refractivity contribution in [1.29, 1.82) is 5.26 Å². The quantitative estimate of drug-likeness (QED) is 0.639. The molecule has 2 aromatic carbocycles. The van der Waals surface area contributed by atoms with E-state index in [0.717, 1.165) is 36.0 Å². The van der Waals surface area contributed by atoms with Gasteiger partial charge in [0.25, 0.3) is 0 Å². The number of carbonyl (C=O) groups excluding carboxylic acids is 1. The van der Waals surface area contributed by atoms with Crippen LogP contribution in [-0.4, -0.2) is 6.09 Å². The van der Waals surface area contributed by atoms with Gasteiger partial charge in [-0.2, -0.15) is 18.4 Å². The van der Waals surface area contributed by atoms with Gasteiger partial charge in [0.1, 0.15) is 11.2 Å². The number of ether oxygens (including phenoxy) is 1. The van der Waals surface area contributed by atoms with E-state index in [2.05, 4.69) is 5.32 Å². The van der Waals surface area contributed by atoms with Gasteiger partial charge in [-0.1, -0.05) is 0 Å². The van der Waals surface area contributed by atoms with Crippen molar-refractivity contribution in [3.63, 3.8) is 0 Å². The predicted octanol–water partition coefficient (Wildman–Crippen LogP) is 4.89. The van der Waals surface area contributed by atoms with Crippen molar-refractivity contribution in [2.45, 2.75) is 11.1 Å². The molecule has 0 spiro atoms. The van der Waals surface area contributed by atoms with Crippen LogP contribution >= 0.6 is 11.8 Å². The van der Waals surface area contributed by atoms with E-state index in [1.165, 1.54) is 12.1 Å². The molecule has 0 unspecified atom stereocenters. The lowest BCUT2D eigenvalue weighted by molar-refractivity contribution is -0.137. The lowest BCUT2D eigenvalue weighted by Crippen LogP contribution is -2.16. The summed E-state index contributed by atoms with van der Waals surface area (Å²) in [7, 11) is 0. The van der Waals surface area contributed by atoms with Gasteiger partial charge in [-0.3, -0.25) is 5.32 Å². The molecule has 0 aliphatic rings. The molecule has 0 aliphatic heterocycles. The van der Waals surface area contributed by atoms with E-state index < -0.39 is 17.8 Å². The average Bonchev–Trinajstić information content (AvgIpc) is 2.49. The summed E-state index contributed by atoms with van der Waals surface area (Å²) in [5, 5.41) is 12.7. The number of alkyl halides is 3. The molecule has 0 fully saturated rings. The van der Waals surface area contributed by atoms with E-state index in [4.69, 9.17) is 10.00 Å². The Kier molecular flexibility index (Phi) is 5.13. The molecule has 118 valence electrons. The number of amides is 1. The lowest BCUT2D eigenvalue weighted by Gasteiger charge is -2.09. The highest BCUT2D eigenvalue weighted by Crippen LogP contribution is 2.29. The van der Waals surface area contributed by atoms with Crippen LogP contribution in [0, 0.1) is 10.7 Å². The number of nitrogens with one attached hydrogen (secondary N) is 1. The Labute approximate surface area is 133 Å². The minimum absolute atomic E-state index is 0.180. The van der Waals surface area contributed by atoms with E-state index in [1.807, 2.05) is 5.40 Å². The number of nitrogens with zero attached hydrogens (tertiary/aromatic N) is 1. The summed E-state index contributed by atoms with van der Waals surface area (Å²) in [5.41, 5.74) is -0.623. The first kappa shape index (κ1) is 16.7. The van der Waals surface area contributed by atoms with Crippen molar-refractivity contribution in [2.24, 2.45) is 0 Å². The van der Waals surface area contributed by atoms with Gasteiger partial charge < -0.3 is 4.74 Å². The maximum Gasteiger partial charge on any atom is 0.417 e. The summed E-state index contributed by atoms with van der Waals surface area (Å²) < 4.78 is 42.3. The van der Waals surface area contributed by atoms with Gasteiger partial charge in [0.15, 0.2) is 0 Å². The second-order valence-electron chi connectivity index (χ2n) is 4.25. The maximum absolute atomic E-state index is 12.4. The number of hydrogen-bond donors (Lipinski definition) is 1. The number of hydrogen-bond acceptors (Lipinski definition) is 4. The van der Waals surface area contributed by atoms with Crippen LogP contribution in [0.3, 0.4) is 0 Å². The highest BCUT2D eigenvalue weighted by Gasteiger charge is 2.29. The topological polar surface area (TPSA) is 62.1 Å². The summed E-state index contributed by atoms with van der Waals surface area (Å²) in [6, 6.07) is 10.2. The number of rotatable bonds is 3. The summed E-state index contributed by atoms with van der Waals surface area (Å²) in [4.78, 5) is 12.4. The highest BCUT2D eigenvalue weighted by atomic mass is 32.2. The third kappa shape index (κ3) is 4.93. The van der Waals surface area contributed by atoms with Gasteiger partial charge in [0.2, 0.25) is 0 Å². The fourth-order valence-electron chi connectivity index (χ4n) is 1.62. The monoisotopic (exact) mass is 338 g/mol. The van der Waals surface area contributed by atoms with Crippen molar-refractivity contribution in [1.82, 2.24) is 0 Å². The molecule has 4 nitrogen and oxygen atoms in total. The second-order valence-corrected chi connectivity index (χ2v) is 5.11. The van der Waals surface area contributed by atoms with Crippen molar-refractivity contribution in [3.05, 3.63) is 54.1 Å². The zero-order valence-corrected chi connectivity index (χ0v) is 12.2. The zero-order chi connectivity index (χ0) is 16.9. The molecule has 0 saturated carbocycles. The Balaban J connectivity index is 1.95. The number of benzene rings is 2. The third-order valence-corrected chi connectivity index (χ3v) is 3.26. The molecule has 23 heavy (non-hydrogen) atoms. The molecule has 2 rings (SSSR count). The molecule has 8 heteroatoms. The largest absolute Gasteiger partial charge is 0.417 e. The van der Waals surface area contributed by atoms with Gasteiger partial charge in [0.05, 0.1) is 5.56 Å². The standard InChI is InChI=1S/C15H9F3N2O2S/c16-15(17,18)10-1-3-11(4-2-10)20-14(21)22-12-5-7-13(8-6-12)23-9-19/h1-8H,(H,20,21). The summed E-state index contributed by atoms with van der Waals surface area (Å²) in [6.45, 7) is 0. The molecule has 1 N–H and O–H groups in total. The minimum atomic E-state index is -4.43. The number of anilines is 1. The van der Waals surface area contributed by atoms with Gasteiger partial charge >= 0.3 is 12.3 Å². The molecule has 0 radical (unpaired) electrons. The Hall–Kier alpha value is -2.66. The van der Waals surface area contributed by atoms with Crippen LogP contribution in [0.4, 0.5) is 23.7 Å². The first-order valence-electron chi connectivity index (χ1n) is 6.20. The van der Waals surface area contributed by atoms with Crippen molar-refractivity contribution >= 4 is 23.5 Å². The van der Waals surface area contributed by atoms with Gasteiger partial charge in [-0.05, 0) is 60.3 Å². The number of nitriles is 1. The maximum atomic E-state index is 12.4. The average molecular weight is 338 g/mol. The van der Waals surface area contributed by atoms with Crippen LogP contribution in [0.15, 0.2) is 53.4 Å². The predicted molar refractivity (Wildman–Crippen MR) is 79.0 cm³/mol. The highest BCUT2D eigenvalue weighted by molar-refractivity contribution is 8.03. The molecular formula is C15H9F3N2O2S. The van der Waals surface area contributed by atoms with Gasteiger partial charge in [-0.25, -0.2) is 4.79 Å². The SMILES string of the molecule is N#CSc1ccc(OC(=O)Nc2ccc(C(F)(F)F)cc2)cc1. The molecule has 0 aromatic heterocycles. The molecule has 2 aromatic rings. The van der Waals surface area contributed by atoms with E-state index in [-0.39, 0.29) is 11.4 Å². The molecule has 0 aliphatic carbocycles. The number of thioether (sulfide) groups is 1. The molecule has 0 heterocycles. The minimum Gasteiger partial charge on any atom is -0.410 e. The fraction of sp³-hybridized carbons (Fsp3) is 0.0667. The first-order chi connectivity index (χ1) is 10.9. The van der Waals surface area contributed by atoms with Crippen LogP contribution < -0.4 is 10.1 Å². The number of thiocyanates is 1. The molecular weight excluding hydrogens is 329 g/mol. The molecule has 1 amide bonds. The molecule has 0 atom stereocenters. The van der Waals surface area contributed by atoms with Crippen molar-refractivity contribution in [3.8, 4) is 11.2 Å². The van der Waals surface area contributed by atoms with Crippen LogP contribution in [0.1, 0.15) is 5.56 Å². The number of carbonyl (C=O) groups is 1. The normalized spacial score (nSPS) is 10.7. The van der Waals surface area contributed by atoms with Crippen molar-refractivity contribution < 1.29 is 22.7 Å². The van der Waals surface area contributed by atoms with Crippen LogP contribution in [0.2, 0.25) is 0 Å². The molecule has 0 saturated heterocycles. The van der Waals surface area contributed by atoms with Crippen LogP contribution in [-0.2, 0) is 6.18 Å². The Morgan fingerprint density at radius 3 is 2.22 bits per heavy atom. The van der Waals surface area contributed by atoms with Crippen LogP contribution in [0.25, 0.3) is 0 Å². The van der Waals surface area contributed by atoms with Crippen LogP contribution in [0.5, 0.6) is 5.75 Å². The Morgan fingerprint density at radius 1 is 1.09 bits per heavy atom. The molecule has 0 bridgehead atoms. The van der Waals surface area contributed by atoms with Gasteiger partial charge in [0, 0.05) is 10.6 Å². The second kappa shape index (κ2) is 7.07. The van der Waals surface area contributed by atoms with E-state index in [0.29, 0.717) is 4.90 Å². The third-order valence-electron chi connectivity index (χ3n) is 2.66. The summed E-state index contributed by atoms with van der Waals surface area (Å²) in [6.07, 6.45) is -5.26. The summed E-state index contributed by atoms with van der Waals surface area (Å²) >= 11 is 0.966. The van der Waals surface area contributed by atoms with Gasteiger partial charge in [-0.15, -0.1) is 0 Å². The lowest BCUT2D eigenvalue weighted by atomic mass is 10.2. The summed E-state index contributed by atoms with van der Waals surface area (Å²) in [5.74, 6) is 0.247. The van der Waals surface area contributed by atoms with E-state index in [1.54, 1.807) is 12.1 Å².